The van der Waals surface area contributed by atoms with Crippen LogP contribution in [0.4, 0.5) is 11.4 Å². The molecule has 21 heavy (non-hydrogen) atoms. The molecule has 0 saturated carbocycles. The molecule has 1 saturated heterocycles. The molecule has 2 aliphatic heterocycles. The number of rotatable bonds is 1. The standard InChI is InChI=1S/C18H20N2O/c1-18-13-7-3-5-9-16(13)20-17(14(18)10-11-21-18)12-6-2-4-8-15(12)19/h2-9,14,17,20H,10-11,19H2,1H3/t14-,17+,18+/m0/s1. The topological polar surface area (TPSA) is 47.3 Å². The molecule has 0 bridgehead atoms. The molecule has 0 unspecified atom stereocenters. The Morgan fingerprint density at radius 1 is 1.14 bits per heavy atom. The molecule has 3 heteroatoms. The molecule has 2 aliphatic rings. The molecule has 0 radical (unpaired) electrons. The normalized spacial score (nSPS) is 30.3. The van der Waals surface area contributed by atoms with Crippen LogP contribution >= 0.6 is 0 Å². The lowest BCUT2D eigenvalue weighted by Crippen LogP contribution is -2.40. The van der Waals surface area contributed by atoms with Crippen LogP contribution in [-0.4, -0.2) is 6.61 Å². The van der Waals surface area contributed by atoms with Gasteiger partial charge >= 0.3 is 0 Å². The molecule has 1 fully saturated rings. The van der Waals surface area contributed by atoms with Crippen molar-refractivity contribution in [2.24, 2.45) is 5.92 Å². The van der Waals surface area contributed by atoms with Crippen LogP contribution in [0.25, 0.3) is 0 Å². The Labute approximate surface area is 125 Å². The predicted octanol–water partition coefficient (Wildman–Crippen LogP) is 3.69. The van der Waals surface area contributed by atoms with Crippen molar-refractivity contribution in [3.63, 3.8) is 0 Å². The van der Waals surface area contributed by atoms with E-state index in [1.807, 2.05) is 12.1 Å². The highest BCUT2D eigenvalue weighted by Gasteiger charge is 2.50. The number of para-hydroxylation sites is 2. The third-order valence-electron chi connectivity index (χ3n) is 5.04. The first-order chi connectivity index (χ1) is 10.2. The average molecular weight is 280 g/mol. The van der Waals surface area contributed by atoms with E-state index in [-0.39, 0.29) is 11.6 Å². The summed E-state index contributed by atoms with van der Waals surface area (Å²) >= 11 is 0. The number of fused-ring (bicyclic) bond motifs is 3. The second-order valence-corrected chi connectivity index (χ2v) is 6.15. The van der Waals surface area contributed by atoms with Crippen LogP contribution in [0, 0.1) is 5.92 Å². The number of ether oxygens (including phenoxy) is 1. The number of hydrogen-bond acceptors (Lipinski definition) is 3. The van der Waals surface area contributed by atoms with Crippen molar-refractivity contribution in [2.75, 3.05) is 17.7 Å². The van der Waals surface area contributed by atoms with Crippen LogP contribution in [0.15, 0.2) is 48.5 Å². The number of nitrogen functional groups attached to an aromatic ring is 1. The van der Waals surface area contributed by atoms with E-state index in [1.165, 1.54) is 11.1 Å². The zero-order chi connectivity index (χ0) is 14.4. The van der Waals surface area contributed by atoms with Crippen LogP contribution in [0.5, 0.6) is 0 Å². The van der Waals surface area contributed by atoms with Gasteiger partial charge in [-0.2, -0.15) is 0 Å². The summed E-state index contributed by atoms with van der Waals surface area (Å²) in [6.07, 6.45) is 1.05. The molecule has 2 aromatic rings. The van der Waals surface area contributed by atoms with Crippen molar-refractivity contribution in [1.29, 1.82) is 0 Å². The maximum atomic E-state index is 6.22. The van der Waals surface area contributed by atoms with Gasteiger partial charge in [0.1, 0.15) is 0 Å². The predicted molar refractivity (Wildman–Crippen MR) is 85.1 cm³/mol. The molecule has 3 nitrogen and oxygen atoms in total. The van der Waals surface area contributed by atoms with Crippen molar-refractivity contribution in [2.45, 2.75) is 25.0 Å². The molecule has 0 aromatic heterocycles. The van der Waals surface area contributed by atoms with Gasteiger partial charge in [0.25, 0.3) is 0 Å². The highest BCUT2D eigenvalue weighted by Crippen LogP contribution is 2.54. The second kappa shape index (κ2) is 4.50. The Morgan fingerprint density at radius 3 is 2.76 bits per heavy atom. The molecule has 4 rings (SSSR count). The maximum absolute atomic E-state index is 6.22. The van der Waals surface area contributed by atoms with E-state index in [0.717, 1.165) is 24.4 Å². The molecule has 3 N–H and O–H groups in total. The number of nitrogens with two attached hydrogens (primary N) is 1. The fourth-order valence-corrected chi connectivity index (χ4v) is 3.94. The van der Waals surface area contributed by atoms with Gasteiger partial charge in [0.2, 0.25) is 0 Å². The second-order valence-electron chi connectivity index (χ2n) is 6.15. The van der Waals surface area contributed by atoms with Gasteiger partial charge in [-0.1, -0.05) is 36.4 Å². The molecule has 3 atom stereocenters. The average Bonchev–Trinajstić information content (AvgIpc) is 2.90. The Morgan fingerprint density at radius 2 is 1.90 bits per heavy atom. The van der Waals surface area contributed by atoms with E-state index in [2.05, 4.69) is 48.6 Å². The Balaban J connectivity index is 1.87. The SMILES string of the molecule is C[C@]12OCC[C@H]1[C@@H](c1ccccc1N)Nc1ccccc12. The van der Waals surface area contributed by atoms with E-state index in [4.69, 9.17) is 10.5 Å². The summed E-state index contributed by atoms with van der Waals surface area (Å²) in [5.41, 5.74) is 10.4. The van der Waals surface area contributed by atoms with E-state index in [0.29, 0.717) is 5.92 Å². The van der Waals surface area contributed by atoms with Gasteiger partial charge in [-0.3, -0.25) is 0 Å². The third kappa shape index (κ3) is 1.77. The molecule has 0 spiro atoms. The Bertz CT molecular complexity index is 684. The van der Waals surface area contributed by atoms with Crippen molar-refractivity contribution in [3.05, 3.63) is 59.7 Å². The van der Waals surface area contributed by atoms with E-state index in [1.54, 1.807) is 0 Å². The zero-order valence-corrected chi connectivity index (χ0v) is 12.2. The van der Waals surface area contributed by atoms with Crippen molar-refractivity contribution in [1.82, 2.24) is 0 Å². The summed E-state index contributed by atoms with van der Waals surface area (Å²) in [5.74, 6) is 0.400. The maximum Gasteiger partial charge on any atom is 0.0974 e. The minimum Gasteiger partial charge on any atom is -0.398 e. The van der Waals surface area contributed by atoms with Gasteiger partial charge in [0.15, 0.2) is 0 Å². The van der Waals surface area contributed by atoms with E-state index >= 15 is 0 Å². The van der Waals surface area contributed by atoms with Gasteiger partial charge in [-0.25, -0.2) is 0 Å². The largest absolute Gasteiger partial charge is 0.398 e. The van der Waals surface area contributed by atoms with Crippen LogP contribution in [-0.2, 0) is 10.3 Å². The number of nitrogens with one attached hydrogen (secondary N) is 1. The highest BCUT2D eigenvalue weighted by atomic mass is 16.5. The van der Waals surface area contributed by atoms with Crippen LogP contribution in [0.2, 0.25) is 0 Å². The molecule has 2 aromatic carbocycles. The summed E-state index contributed by atoms with van der Waals surface area (Å²) in [7, 11) is 0. The Hall–Kier alpha value is -2.00. The number of anilines is 2. The van der Waals surface area contributed by atoms with Gasteiger partial charge in [-0.15, -0.1) is 0 Å². The fourth-order valence-electron chi connectivity index (χ4n) is 3.94. The van der Waals surface area contributed by atoms with Crippen molar-refractivity contribution >= 4 is 11.4 Å². The molecular formula is C18H20N2O. The quantitative estimate of drug-likeness (QED) is 0.783. The first kappa shape index (κ1) is 12.7. The lowest BCUT2D eigenvalue weighted by Gasteiger charge is -2.43. The minimum absolute atomic E-state index is 0.202. The van der Waals surface area contributed by atoms with Crippen molar-refractivity contribution in [3.8, 4) is 0 Å². The molecule has 108 valence electrons. The van der Waals surface area contributed by atoms with Crippen molar-refractivity contribution < 1.29 is 4.74 Å². The van der Waals surface area contributed by atoms with Crippen LogP contribution in [0.1, 0.15) is 30.5 Å². The summed E-state index contributed by atoms with van der Waals surface area (Å²) in [5, 5.41) is 3.69. The fraction of sp³-hybridized carbons (Fsp3) is 0.333. The number of benzene rings is 2. The number of hydrogen-bond donors (Lipinski definition) is 2. The Kier molecular flexibility index (Phi) is 2.73. The van der Waals surface area contributed by atoms with Gasteiger partial charge < -0.3 is 15.8 Å². The first-order valence-corrected chi connectivity index (χ1v) is 7.54. The highest BCUT2D eigenvalue weighted by molar-refractivity contribution is 5.61. The van der Waals surface area contributed by atoms with E-state index < -0.39 is 0 Å². The third-order valence-corrected chi connectivity index (χ3v) is 5.04. The van der Waals surface area contributed by atoms with Gasteiger partial charge in [0.05, 0.1) is 11.6 Å². The molecule has 2 heterocycles. The molecular weight excluding hydrogens is 260 g/mol. The minimum atomic E-state index is -0.227. The molecule has 0 amide bonds. The summed E-state index contributed by atoms with van der Waals surface area (Å²) in [6, 6.07) is 16.8. The monoisotopic (exact) mass is 280 g/mol. The van der Waals surface area contributed by atoms with Crippen LogP contribution < -0.4 is 11.1 Å². The lowest BCUT2D eigenvalue weighted by atomic mass is 9.72. The van der Waals surface area contributed by atoms with Gasteiger partial charge in [0, 0.05) is 29.5 Å². The summed E-state index contributed by atoms with van der Waals surface area (Å²) in [4.78, 5) is 0. The van der Waals surface area contributed by atoms with Gasteiger partial charge in [-0.05, 0) is 31.0 Å². The summed E-state index contributed by atoms with van der Waals surface area (Å²) in [6.45, 7) is 3.02. The van der Waals surface area contributed by atoms with Crippen LogP contribution in [0.3, 0.4) is 0 Å². The lowest BCUT2D eigenvalue weighted by molar-refractivity contribution is -0.0177. The summed E-state index contributed by atoms with van der Waals surface area (Å²) < 4.78 is 6.18. The zero-order valence-electron chi connectivity index (χ0n) is 12.2. The smallest absolute Gasteiger partial charge is 0.0974 e. The van der Waals surface area contributed by atoms with E-state index in [9.17, 15) is 0 Å². The first-order valence-electron chi connectivity index (χ1n) is 7.54. The molecule has 0 aliphatic carbocycles.